The van der Waals surface area contributed by atoms with Crippen LogP contribution in [0.15, 0.2) is 18.2 Å². The summed E-state index contributed by atoms with van der Waals surface area (Å²) in [6.45, 7) is 4.23. The summed E-state index contributed by atoms with van der Waals surface area (Å²) < 4.78 is 0. The van der Waals surface area contributed by atoms with Gasteiger partial charge in [0.2, 0.25) is 0 Å². The SMILES string of the molecule is Cc1cccc(C)c1CC1CCC(C(=O)O)N1. The summed E-state index contributed by atoms with van der Waals surface area (Å²) in [6, 6.07) is 6.24. The summed E-state index contributed by atoms with van der Waals surface area (Å²) in [4.78, 5) is 10.9. The molecule has 92 valence electrons. The van der Waals surface area contributed by atoms with E-state index in [4.69, 9.17) is 5.11 Å². The Labute approximate surface area is 102 Å². The lowest BCUT2D eigenvalue weighted by Gasteiger charge is -2.15. The molecule has 0 aromatic heterocycles. The van der Waals surface area contributed by atoms with E-state index in [9.17, 15) is 4.79 Å². The highest BCUT2D eigenvalue weighted by Crippen LogP contribution is 2.21. The Morgan fingerprint density at radius 2 is 2.00 bits per heavy atom. The lowest BCUT2D eigenvalue weighted by Crippen LogP contribution is -2.36. The first-order valence-electron chi connectivity index (χ1n) is 6.12. The van der Waals surface area contributed by atoms with Gasteiger partial charge in [-0.15, -0.1) is 0 Å². The number of hydrogen-bond acceptors (Lipinski definition) is 2. The molecule has 1 aromatic rings. The van der Waals surface area contributed by atoms with Gasteiger partial charge in [-0.2, -0.15) is 0 Å². The minimum atomic E-state index is -0.728. The molecule has 3 nitrogen and oxygen atoms in total. The van der Waals surface area contributed by atoms with Crippen LogP contribution in [0.1, 0.15) is 29.5 Å². The second-order valence-electron chi connectivity index (χ2n) is 4.91. The van der Waals surface area contributed by atoms with Gasteiger partial charge in [-0.1, -0.05) is 18.2 Å². The molecule has 0 amide bonds. The molecule has 0 radical (unpaired) electrons. The summed E-state index contributed by atoms with van der Waals surface area (Å²) in [5.74, 6) is -0.728. The lowest BCUT2D eigenvalue weighted by atomic mass is 9.96. The number of carboxylic acids is 1. The first kappa shape index (κ1) is 12.1. The summed E-state index contributed by atoms with van der Waals surface area (Å²) in [5.41, 5.74) is 3.95. The van der Waals surface area contributed by atoms with E-state index in [0.29, 0.717) is 6.04 Å². The number of aryl methyl sites for hydroxylation is 2. The maximum absolute atomic E-state index is 10.9. The Hall–Kier alpha value is -1.35. The largest absolute Gasteiger partial charge is 0.480 e. The van der Waals surface area contributed by atoms with Crippen molar-refractivity contribution in [1.82, 2.24) is 5.32 Å². The topological polar surface area (TPSA) is 49.3 Å². The lowest BCUT2D eigenvalue weighted by molar-refractivity contribution is -0.139. The summed E-state index contributed by atoms with van der Waals surface area (Å²) >= 11 is 0. The molecule has 1 aromatic carbocycles. The standard InChI is InChI=1S/C14H19NO2/c1-9-4-3-5-10(2)12(9)8-11-6-7-13(15-11)14(16)17/h3-5,11,13,15H,6-8H2,1-2H3,(H,16,17). The Balaban J connectivity index is 2.05. The summed E-state index contributed by atoms with van der Waals surface area (Å²) in [7, 11) is 0. The van der Waals surface area contributed by atoms with Crippen LogP contribution in [0.2, 0.25) is 0 Å². The fourth-order valence-electron chi connectivity index (χ4n) is 2.59. The van der Waals surface area contributed by atoms with Crippen molar-refractivity contribution in [3.8, 4) is 0 Å². The number of aliphatic carboxylic acids is 1. The van der Waals surface area contributed by atoms with Crippen LogP contribution in [-0.2, 0) is 11.2 Å². The molecule has 3 heteroatoms. The van der Waals surface area contributed by atoms with Gasteiger partial charge in [-0.3, -0.25) is 4.79 Å². The first-order valence-corrected chi connectivity index (χ1v) is 6.12. The summed E-state index contributed by atoms with van der Waals surface area (Å²) in [5, 5.41) is 12.1. The zero-order chi connectivity index (χ0) is 12.4. The summed E-state index contributed by atoms with van der Waals surface area (Å²) in [6.07, 6.45) is 2.62. The van der Waals surface area contributed by atoms with E-state index < -0.39 is 5.97 Å². The van der Waals surface area contributed by atoms with E-state index in [2.05, 4.69) is 37.4 Å². The van der Waals surface area contributed by atoms with E-state index in [0.717, 1.165) is 19.3 Å². The number of nitrogens with one attached hydrogen (secondary N) is 1. The Kier molecular flexibility index (Phi) is 3.48. The van der Waals surface area contributed by atoms with E-state index in [1.165, 1.54) is 16.7 Å². The van der Waals surface area contributed by atoms with Crippen molar-refractivity contribution in [2.24, 2.45) is 0 Å². The zero-order valence-electron chi connectivity index (χ0n) is 10.4. The normalized spacial score (nSPS) is 23.9. The second-order valence-corrected chi connectivity index (χ2v) is 4.91. The number of benzene rings is 1. The predicted molar refractivity (Wildman–Crippen MR) is 67.2 cm³/mol. The maximum Gasteiger partial charge on any atom is 0.320 e. The van der Waals surface area contributed by atoms with Crippen molar-refractivity contribution in [3.63, 3.8) is 0 Å². The van der Waals surface area contributed by atoms with Crippen LogP contribution in [0, 0.1) is 13.8 Å². The van der Waals surface area contributed by atoms with Crippen LogP contribution < -0.4 is 5.32 Å². The van der Waals surface area contributed by atoms with Crippen LogP contribution in [0.3, 0.4) is 0 Å². The Morgan fingerprint density at radius 3 is 2.53 bits per heavy atom. The van der Waals surface area contributed by atoms with Crippen molar-refractivity contribution in [1.29, 1.82) is 0 Å². The number of carbonyl (C=O) groups is 1. The average Bonchev–Trinajstić information content (AvgIpc) is 2.72. The molecule has 1 saturated heterocycles. The fourth-order valence-corrected chi connectivity index (χ4v) is 2.59. The number of hydrogen-bond donors (Lipinski definition) is 2. The Morgan fingerprint density at radius 1 is 1.35 bits per heavy atom. The second kappa shape index (κ2) is 4.88. The zero-order valence-corrected chi connectivity index (χ0v) is 10.4. The van der Waals surface area contributed by atoms with E-state index >= 15 is 0 Å². The van der Waals surface area contributed by atoms with Gasteiger partial charge in [-0.05, 0) is 49.8 Å². The van der Waals surface area contributed by atoms with E-state index in [1.807, 2.05) is 0 Å². The van der Waals surface area contributed by atoms with Crippen molar-refractivity contribution in [2.75, 3.05) is 0 Å². The molecular weight excluding hydrogens is 214 g/mol. The van der Waals surface area contributed by atoms with Crippen molar-refractivity contribution in [2.45, 2.75) is 45.2 Å². The molecule has 1 aliphatic rings. The van der Waals surface area contributed by atoms with Crippen LogP contribution in [-0.4, -0.2) is 23.2 Å². The first-order chi connectivity index (χ1) is 8.08. The highest BCUT2D eigenvalue weighted by molar-refractivity contribution is 5.73. The maximum atomic E-state index is 10.9. The molecule has 1 fully saturated rings. The van der Waals surface area contributed by atoms with Gasteiger partial charge in [0, 0.05) is 6.04 Å². The molecule has 17 heavy (non-hydrogen) atoms. The van der Waals surface area contributed by atoms with Crippen LogP contribution in [0.25, 0.3) is 0 Å². The molecule has 2 atom stereocenters. The molecule has 2 unspecified atom stereocenters. The fraction of sp³-hybridized carbons (Fsp3) is 0.500. The third-order valence-electron chi connectivity index (χ3n) is 3.63. The van der Waals surface area contributed by atoms with E-state index in [-0.39, 0.29) is 6.04 Å². The van der Waals surface area contributed by atoms with Gasteiger partial charge in [0.15, 0.2) is 0 Å². The van der Waals surface area contributed by atoms with Crippen LogP contribution in [0.4, 0.5) is 0 Å². The minimum Gasteiger partial charge on any atom is -0.480 e. The monoisotopic (exact) mass is 233 g/mol. The number of rotatable bonds is 3. The van der Waals surface area contributed by atoms with Crippen LogP contribution >= 0.6 is 0 Å². The molecule has 2 rings (SSSR count). The number of carboxylic acid groups (broad SMARTS) is 1. The van der Waals surface area contributed by atoms with Gasteiger partial charge in [0.1, 0.15) is 6.04 Å². The molecule has 0 bridgehead atoms. The molecule has 1 aliphatic heterocycles. The third kappa shape index (κ3) is 2.67. The van der Waals surface area contributed by atoms with Crippen molar-refractivity contribution >= 4 is 5.97 Å². The van der Waals surface area contributed by atoms with Gasteiger partial charge >= 0.3 is 5.97 Å². The smallest absolute Gasteiger partial charge is 0.320 e. The quantitative estimate of drug-likeness (QED) is 0.840. The minimum absolute atomic E-state index is 0.302. The predicted octanol–water partition coefficient (Wildman–Crippen LogP) is 2.05. The molecule has 1 heterocycles. The molecular formula is C14H19NO2. The van der Waals surface area contributed by atoms with Crippen LogP contribution in [0.5, 0.6) is 0 Å². The average molecular weight is 233 g/mol. The molecule has 0 aliphatic carbocycles. The van der Waals surface area contributed by atoms with Gasteiger partial charge in [0.25, 0.3) is 0 Å². The highest BCUT2D eigenvalue weighted by atomic mass is 16.4. The van der Waals surface area contributed by atoms with Gasteiger partial charge in [0.05, 0.1) is 0 Å². The van der Waals surface area contributed by atoms with Gasteiger partial charge in [-0.25, -0.2) is 0 Å². The Bertz CT molecular complexity index is 408. The van der Waals surface area contributed by atoms with E-state index in [1.54, 1.807) is 0 Å². The molecule has 0 spiro atoms. The van der Waals surface area contributed by atoms with Crippen molar-refractivity contribution in [3.05, 3.63) is 34.9 Å². The molecule has 0 saturated carbocycles. The third-order valence-corrected chi connectivity index (χ3v) is 3.63. The van der Waals surface area contributed by atoms with Crippen molar-refractivity contribution < 1.29 is 9.90 Å². The van der Waals surface area contributed by atoms with Gasteiger partial charge < -0.3 is 10.4 Å². The molecule has 2 N–H and O–H groups in total. The highest BCUT2D eigenvalue weighted by Gasteiger charge is 2.29.